The van der Waals surface area contributed by atoms with Crippen molar-refractivity contribution in [3.8, 4) is 0 Å². The van der Waals surface area contributed by atoms with Crippen LogP contribution in [0.3, 0.4) is 0 Å². The maximum Gasteiger partial charge on any atom is 0.0948 e. The number of aryl methyl sites for hydroxylation is 2. The van der Waals surface area contributed by atoms with Gasteiger partial charge in [0.25, 0.3) is 0 Å². The third kappa shape index (κ3) is 2.49. The van der Waals surface area contributed by atoms with E-state index >= 15 is 0 Å². The van der Waals surface area contributed by atoms with Crippen LogP contribution in [-0.4, -0.2) is 9.55 Å². The number of nitrogens with zero attached hydrogens (tertiary/aromatic N) is 2. The van der Waals surface area contributed by atoms with Crippen LogP contribution in [0.2, 0.25) is 0 Å². The van der Waals surface area contributed by atoms with Crippen LogP contribution in [0.15, 0.2) is 42.9 Å². The van der Waals surface area contributed by atoms with E-state index in [-0.39, 0.29) is 6.04 Å². The fourth-order valence-corrected chi connectivity index (χ4v) is 1.79. The molecule has 3 heteroatoms. The first-order valence-electron chi connectivity index (χ1n) is 5.57. The Morgan fingerprint density at radius 3 is 2.75 bits per heavy atom. The van der Waals surface area contributed by atoms with Gasteiger partial charge < -0.3 is 10.3 Å². The number of rotatable bonds is 4. The number of imidazole rings is 1. The second-order valence-electron chi connectivity index (χ2n) is 4.04. The molecule has 1 aromatic heterocycles. The SMILES string of the molecule is CC(N)c1cncn1CCc1ccccc1. The fraction of sp³-hybridized carbons (Fsp3) is 0.308. The highest BCUT2D eigenvalue weighted by Gasteiger charge is 2.05. The van der Waals surface area contributed by atoms with Crippen molar-refractivity contribution in [1.29, 1.82) is 0 Å². The van der Waals surface area contributed by atoms with Gasteiger partial charge in [0.15, 0.2) is 0 Å². The number of nitrogens with two attached hydrogens (primary N) is 1. The van der Waals surface area contributed by atoms with Crippen molar-refractivity contribution in [2.45, 2.75) is 25.9 Å². The Labute approximate surface area is 95.9 Å². The van der Waals surface area contributed by atoms with E-state index < -0.39 is 0 Å². The molecule has 0 saturated heterocycles. The molecule has 1 atom stereocenters. The highest BCUT2D eigenvalue weighted by Crippen LogP contribution is 2.10. The summed E-state index contributed by atoms with van der Waals surface area (Å²) in [6, 6.07) is 10.5. The summed E-state index contributed by atoms with van der Waals surface area (Å²) in [7, 11) is 0. The molecule has 0 aliphatic carbocycles. The van der Waals surface area contributed by atoms with Crippen molar-refractivity contribution < 1.29 is 0 Å². The zero-order chi connectivity index (χ0) is 11.4. The Kier molecular flexibility index (Phi) is 3.37. The number of benzene rings is 1. The van der Waals surface area contributed by atoms with E-state index in [4.69, 9.17) is 5.73 Å². The smallest absolute Gasteiger partial charge is 0.0948 e. The monoisotopic (exact) mass is 215 g/mol. The summed E-state index contributed by atoms with van der Waals surface area (Å²) in [6.45, 7) is 2.91. The van der Waals surface area contributed by atoms with Crippen LogP contribution in [0.5, 0.6) is 0 Å². The lowest BCUT2D eigenvalue weighted by Crippen LogP contribution is -2.12. The Morgan fingerprint density at radius 2 is 2.06 bits per heavy atom. The zero-order valence-electron chi connectivity index (χ0n) is 9.50. The molecule has 84 valence electrons. The van der Waals surface area contributed by atoms with Crippen molar-refractivity contribution in [2.75, 3.05) is 0 Å². The first-order valence-corrected chi connectivity index (χ1v) is 5.57. The van der Waals surface area contributed by atoms with Gasteiger partial charge in [-0.1, -0.05) is 30.3 Å². The van der Waals surface area contributed by atoms with Crippen molar-refractivity contribution in [2.24, 2.45) is 5.73 Å². The first-order chi connectivity index (χ1) is 7.77. The van der Waals surface area contributed by atoms with Gasteiger partial charge in [0.2, 0.25) is 0 Å². The molecule has 1 heterocycles. The average Bonchev–Trinajstić information content (AvgIpc) is 2.76. The van der Waals surface area contributed by atoms with Crippen LogP contribution in [0.4, 0.5) is 0 Å². The van der Waals surface area contributed by atoms with Crippen LogP contribution in [0.25, 0.3) is 0 Å². The van der Waals surface area contributed by atoms with Crippen molar-refractivity contribution in [1.82, 2.24) is 9.55 Å². The van der Waals surface area contributed by atoms with Crippen molar-refractivity contribution >= 4 is 0 Å². The van der Waals surface area contributed by atoms with Crippen LogP contribution < -0.4 is 5.73 Å². The van der Waals surface area contributed by atoms with Gasteiger partial charge in [-0.05, 0) is 18.9 Å². The summed E-state index contributed by atoms with van der Waals surface area (Å²) >= 11 is 0. The molecule has 1 aromatic carbocycles. The van der Waals surface area contributed by atoms with E-state index in [1.807, 2.05) is 25.5 Å². The molecule has 0 amide bonds. The lowest BCUT2D eigenvalue weighted by Gasteiger charge is -2.10. The van der Waals surface area contributed by atoms with Crippen molar-refractivity contribution in [3.63, 3.8) is 0 Å². The Hall–Kier alpha value is -1.61. The molecule has 0 spiro atoms. The normalized spacial score (nSPS) is 12.6. The number of hydrogen-bond acceptors (Lipinski definition) is 2. The molecule has 2 aromatic rings. The molecule has 3 nitrogen and oxygen atoms in total. The molecule has 2 N–H and O–H groups in total. The van der Waals surface area contributed by atoms with E-state index in [0.29, 0.717) is 0 Å². The fourth-order valence-electron chi connectivity index (χ4n) is 1.79. The molecule has 0 radical (unpaired) electrons. The van der Waals surface area contributed by atoms with Gasteiger partial charge in [0, 0.05) is 18.8 Å². The minimum atomic E-state index is 0.0401. The summed E-state index contributed by atoms with van der Waals surface area (Å²) < 4.78 is 2.12. The van der Waals surface area contributed by atoms with Gasteiger partial charge in [-0.3, -0.25) is 0 Å². The molecular weight excluding hydrogens is 198 g/mol. The van der Waals surface area contributed by atoms with Gasteiger partial charge in [-0.25, -0.2) is 4.98 Å². The van der Waals surface area contributed by atoms with Crippen LogP contribution in [0.1, 0.15) is 24.2 Å². The maximum absolute atomic E-state index is 5.87. The average molecular weight is 215 g/mol. The summed E-state index contributed by atoms with van der Waals surface area (Å²) in [5.74, 6) is 0. The highest BCUT2D eigenvalue weighted by molar-refractivity contribution is 5.15. The van der Waals surface area contributed by atoms with E-state index in [1.165, 1.54) is 5.56 Å². The third-order valence-electron chi connectivity index (χ3n) is 2.70. The summed E-state index contributed by atoms with van der Waals surface area (Å²) in [6.07, 6.45) is 4.70. The molecule has 0 saturated carbocycles. The molecule has 16 heavy (non-hydrogen) atoms. The lowest BCUT2D eigenvalue weighted by molar-refractivity contribution is 0.624. The lowest BCUT2D eigenvalue weighted by atomic mass is 10.1. The summed E-state index contributed by atoms with van der Waals surface area (Å²) in [5.41, 5.74) is 8.30. The molecule has 1 unspecified atom stereocenters. The second kappa shape index (κ2) is 4.94. The number of hydrogen-bond donors (Lipinski definition) is 1. The maximum atomic E-state index is 5.87. The summed E-state index contributed by atoms with van der Waals surface area (Å²) in [4.78, 5) is 4.14. The first kappa shape index (κ1) is 10.9. The van der Waals surface area contributed by atoms with Crippen LogP contribution >= 0.6 is 0 Å². The summed E-state index contributed by atoms with van der Waals surface area (Å²) in [5, 5.41) is 0. The molecule has 0 fully saturated rings. The van der Waals surface area contributed by atoms with E-state index in [9.17, 15) is 0 Å². The van der Waals surface area contributed by atoms with E-state index in [1.54, 1.807) is 0 Å². The minimum Gasteiger partial charge on any atom is -0.333 e. The Balaban J connectivity index is 2.02. The predicted molar refractivity (Wildman–Crippen MR) is 65.0 cm³/mol. The zero-order valence-corrected chi connectivity index (χ0v) is 9.50. The number of aromatic nitrogens is 2. The van der Waals surface area contributed by atoms with E-state index in [2.05, 4.69) is 33.8 Å². The predicted octanol–water partition coefficient (Wildman–Crippen LogP) is 2.15. The largest absolute Gasteiger partial charge is 0.333 e. The van der Waals surface area contributed by atoms with E-state index in [0.717, 1.165) is 18.7 Å². The molecule has 0 aliphatic rings. The standard InChI is InChI=1S/C13H17N3/c1-11(14)13-9-15-10-16(13)8-7-12-5-3-2-4-6-12/h2-6,9-11H,7-8,14H2,1H3. The van der Waals surface area contributed by atoms with Crippen LogP contribution in [-0.2, 0) is 13.0 Å². The van der Waals surface area contributed by atoms with Crippen molar-refractivity contribution in [3.05, 3.63) is 54.1 Å². The molecule has 2 rings (SSSR count). The highest BCUT2D eigenvalue weighted by atomic mass is 15.1. The third-order valence-corrected chi connectivity index (χ3v) is 2.70. The second-order valence-corrected chi connectivity index (χ2v) is 4.04. The quantitative estimate of drug-likeness (QED) is 0.849. The topological polar surface area (TPSA) is 43.8 Å². The van der Waals surface area contributed by atoms with Gasteiger partial charge in [0.1, 0.15) is 0 Å². The molecule has 0 bridgehead atoms. The molecule has 0 aliphatic heterocycles. The molecular formula is C13H17N3. The minimum absolute atomic E-state index is 0.0401. The Morgan fingerprint density at radius 1 is 1.31 bits per heavy atom. The van der Waals surface area contributed by atoms with Gasteiger partial charge >= 0.3 is 0 Å². The van der Waals surface area contributed by atoms with Crippen LogP contribution in [0, 0.1) is 0 Å². The Bertz CT molecular complexity index is 431. The van der Waals surface area contributed by atoms with Gasteiger partial charge in [-0.2, -0.15) is 0 Å². The van der Waals surface area contributed by atoms with Gasteiger partial charge in [0.05, 0.1) is 12.0 Å². The van der Waals surface area contributed by atoms with Gasteiger partial charge in [-0.15, -0.1) is 0 Å².